The highest BCUT2D eigenvalue weighted by molar-refractivity contribution is 5.96. The molecule has 0 heterocycles. The second-order valence-corrected chi connectivity index (χ2v) is 10.6. The number of primary amides is 1. The van der Waals surface area contributed by atoms with E-state index in [-0.39, 0.29) is 18.9 Å². The van der Waals surface area contributed by atoms with Crippen LogP contribution in [0.25, 0.3) is 0 Å². The van der Waals surface area contributed by atoms with Crippen LogP contribution >= 0.6 is 0 Å². The molecule has 2 amide bonds. The summed E-state index contributed by atoms with van der Waals surface area (Å²) in [6, 6.07) is 15.4. The fourth-order valence-electron chi connectivity index (χ4n) is 5.58. The molecule has 1 aliphatic carbocycles. The molecule has 2 aromatic rings. The molecule has 3 rings (SSSR count). The first-order valence-electron chi connectivity index (χ1n) is 14.4. The van der Waals surface area contributed by atoms with E-state index in [0.29, 0.717) is 43.1 Å². The molecule has 1 unspecified atom stereocenters. The van der Waals surface area contributed by atoms with Crippen LogP contribution in [0, 0.1) is 11.3 Å². The molecule has 41 heavy (non-hydrogen) atoms. The van der Waals surface area contributed by atoms with E-state index in [0.717, 1.165) is 24.0 Å². The second-order valence-electron chi connectivity index (χ2n) is 10.6. The van der Waals surface area contributed by atoms with Gasteiger partial charge in [-0.2, -0.15) is 0 Å². The smallest absolute Gasteiger partial charge is 0.249 e. The minimum atomic E-state index is -1.24. The minimum Gasteiger partial charge on any atom is -0.497 e. The van der Waals surface area contributed by atoms with Gasteiger partial charge in [0, 0.05) is 43.7 Å². The third kappa shape index (κ3) is 8.21. The van der Waals surface area contributed by atoms with E-state index in [2.05, 4.69) is 5.32 Å². The third-order valence-corrected chi connectivity index (χ3v) is 7.70. The number of allylic oxidation sites excluding steroid dienone is 2. The van der Waals surface area contributed by atoms with Crippen LogP contribution < -0.4 is 20.5 Å². The van der Waals surface area contributed by atoms with Crippen LogP contribution in [-0.2, 0) is 22.6 Å². The van der Waals surface area contributed by atoms with Crippen molar-refractivity contribution in [2.24, 2.45) is 17.1 Å². The molecule has 8 heteroatoms. The number of ether oxygens (including phenoxy) is 2. The Kier molecular flexibility index (Phi) is 12.0. The molecule has 222 valence electrons. The lowest BCUT2D eigenvalue weighted by Crippen LogP contribution is -2.51. The van der Waals surface area contributed by atoms with Crippen LogP contribution in [0.15, 0.2) is 72.3 Å². The average Bonchev–Trinajstić information content (AvgIpc) is 2.99. The van der Waals surface area contributed by atoms with Gasteiger partial charge in [0.2, 0.25) is 11.8 Å². The Morgan fingerprint density at radius 3 is 2.22 bits per heavy atom. The number of methoxy groups -OCH3 is 2. The highest BCUT2D eigenvalue weighted by Gasteiger charge is 2.47. The third-order valence-electron chi connectivity index (χ3n) is 7.70. The number of aliphatic hydroxyl groups is 1. The van der Waals surface area contributed by atoms with Crippen LogP contribution in [0.1, 0.15) is 44.2 Å². The number of nitrogens with one attached hydrogen (secondary N) is 1. The maximum atomic E-state index is 13.5. The van der Waals surface area contributed by atoms with Gasteiger partial charge in [-0.3, -0.25) is 9.59 Å². The molecule has 0 saturated carbocycles. The van der Waals surface area contributed by atoms with E-state index in [1.807, 2.05) is 61.2 Å². The van der Waals surface area contributed by atoms with Crippen molar-refractivity contribution in [1.29, 1.82) is 0 Å². The molecule has 0 radical (unpaired) electrons. The average molecular weight is 564 g/mol. The lowest BCUT2D eigenvalue weighted by molar-refractivity contribution is -0.132. The summed E-state index contributed by atoms with van der Waals surface area (Å²) in [5.41, 5.74) is 7.34. The number of nitrogens with zero attached hydrogens (tertiary/aromatic N) is 1. The monoisotopic (exact) mass is 563 g/mol. The van der Waals surface area contributed by atoms with E-state index in [1.54, 1.807) is 38.5 Å². The number of rotatable bonds is 16. The Bertz CT molecular complexity index is 1180. The molecule has 2 aromatic carbocycles. The van der Waals surface area contributed by atoms with Gasteiger partial charge in [0.05, 0.1) is 25.7 Å². The van der Waals surface area contributed by atoms with E-state index in [9.17, 15) is 14.7 Å². The molecule has 0 spiro atoms. The molecule has 4 N–H and O–H groups in total. The van der Waals surface area contributed by atoms with E-state index >= 15 is 0 Å². The summed E-state index contributed by atoms with van der Waals surface area (Å²) >= 11 is 0. The molecule has 0 aromatic heterocycles. The summed E-state index contributed by atoms with van der Waals surface area (Å²) < 4.78 is 10.7. The number of benzene rings is 2. The zero-order valence-corrected chi connectivity index (χ0v) is 24.8. The summed E-state index contributed by atoms with van der Waals surface area (Å²) in [7, 11) is 3.20. The van der Waals surface area contributed by atoms with Gasteiger partial charge < -0.3 is 30.5 Å². The van der Waals surface area contributed by atoms with Gasteiger partial charge in [-0.25, -0.2) is 0 Å². The van der Waals surface area contributed by atoms with Gasteiger partial charge >= 0.3 is 0 Å². The molecule has 3 atom stereocenters. The topological polar surface area (TPSA) is 114 Å². The molecular weight excluding hydrogens is 518 g/mol. The van der Waals surface area contributed by atoms with Crippen LogP contribution in [0.5, 0.6) is 11.5 Å². The van der Waals surface area contributed by atoms with Gasteiger partial charge in [0.25, 0.3) is 0 Å². The number of nitrogens with two attached hydrogens (primary N) is 1. The largest absolute Gasteiger partial charge is 0.497 e. The van der Waals surface area contributed by atoms with Crippen molar-refractivity contribution in [1.82, 2.24) is 10.2 Å². The SMILES string of the molecule is CCCN(CCC)C(=O)C1=CC=CC(C(N)=O)([C@H](Cc2ccccc2)[C@@H](O)CNCc2cc(OC)cc(OC)c2)C1. The van der Waals surface area contributed by atoms with Crippen molar-refractivity contribution >= 4 is 11.8 Å². The summed E-state index contributed by atoms with van der Waals surface area (Å²) in [5.74, 6) is 0.137. The summed E-state index contributed by atoms with van der Waals surface area (Å²) in [6.45, 7) is 6.04. The fraction of sp³-hybridized carbons (Fsp3) is 0.455. The van der Waals surface area contributed by atoms with Crippen LogP contribution in [0.3, 0.4) is 0 Å². The van der Waals surface area contributed by atoms with Gasteiger partial charge in [-0.05, 0) is 48.9 Å². The Labute approximate surface area is 244 Å². The van der Waals surface area contributed by atoms with Crippen molar-refractivity contribution in [3.05, 3.63) is 83.5 Å². The highest BCUT2D eigenvalue weighted by Crippen LogP contribution is 2.43. The number of carbonyl (C=O) groups is 2. The zero-order chi connectivity index (χ0) is 29.8. The Morgan fingerprint density at radius 1 is 1.02 bits per heavy atom. The predicted octanol–water partition coefficient (Wildman–Crippen LogP) is 4.02. The fourth-order valence-corrected chi connectivity index (χ4v) is 5.58. The maximum absolute atomic E-state index is 13.5. The highest BCUT2D eigenvalue weighted by atomic mass is 16.5. The van der Waals surface area contributed by atoms with Crippen LogP contribution in [-0.4, -0.2) is 61.8 Å². The lowest BCUT2D eigenvalue weighted by Gasteiger charge is -2.41. The van der Waals surface area contributed by atoms with Crippen molar-refractivity contribution in [2.45, 2.75) is 52.2 Å². The van der Waals surface area contributed by atoms with Crippen molar-refractivity contribution in [2.75, 3.05) is 33.9 Å². The molecule has 0 saturated heterocycles. The van der Waals surface area contributed by atoms with Crippen LogP contribution in [0.4, 0.5) is 0 Å². The molecule has 1 aliphatic rings. The number of carbonyl (C=O) groups excluding carboxylic acids is 2. The molecule has 0 fully saturated rings. The lowest BCUT2D eigenvalue weighted by atomic mass is 9.64. The van der Waals surface area contributed by atoms with E-state index in [4.69, 9.17) is 15.2 Å². The molecule has 8 nitrogen and oxygen atoms in total. The standard InChI is InChI=1S/C33H45N3O5/c1-5-15-36(16-6-2)31(38)26-13-10-14-33(21-26,32(34)39)29(19-24-11-8-7-9-12-24)30(37)23-35-22-25-17-27(40-3)20-28(18-25)41-4/h7-14,17-18,20,29-30,35,37H,5-6,15-16,19,21-23H2,1-4H3,(H2,34,39)/t29-,30+,33?/m1/s1. The Morgan fingerprint density at radius 2 is 1.66 bits per heavy atom. The van der Waals surface area contributed by atoms with E-state index in [1.165, 1.54) is 0 Å². The first kappa shape index (κ1) is 31.9. The van der Waals surface area contributed by atoms with Crippen molar-refractivity contribution in [3.8, 4) is 11.5 Å². The van der Waals surface area contributed by atoms with Crippen molar-refractivity contribution < 1.29 is 24.2 Å². The maximum Gasteiger partial charge on any atom is 0.249 e. The van der Waals surface area contributed by atoms with Gasteiger partial charge in [0.1, 0.15) is 11.5 Å². The number of hydrogen-bond acceptors (Lipinski definition) is 6. The quantitative estimate of drug-likeness (QED) is 0.284. The number of hydrogen-bond donors (Lipinski definition) is 3. The Balaban J connectivity index is 1.88. The number of amides is 2. The second kappa shape index (κ2) is 15.4. The normalized spacial score (nSPS) is 17.8. The first-order valence-corrected chi connectivity index (χ1v) is 14.4. The summed E-state index contributed by atoms with van der Waals surface area (Å²) in [6.07, 6.45) is 6.62. The summed E-state index contributed by atoms with van der Waals surface area (Å²) in [4.78, 5) is 28.7. The zero-order valence-electron chi connectivity index (χ0n) is 24.8. The van der Waals surface area contributed by atoms with Gasteiger partial charge in [-0.1, -0.05) is 62.4 Å². The Hall–Kier alpha value is -3.62. The summed E-state index contributed by atoms with van der Waals surface area (Å²) in [5, 5.41) is 15.0. The number of aliphatic hydroxyl groups excluding tert-OH is 1. The van der Waals surface area contributed by atoms with E-state index < -0.39 is 23.3 Å². The first-order chi connectivity index (χ1) is 19.8. The minimum absolute atomic E-state index is 0.0817. The van der Waals surface area contributed by atoms with Gasteiger partial charge in [-0.15, -0.1) is 0 Å². The molecular formula is C33H45N3O5. The predicted molar refractivity (Wildman–Crippen MR) is 162 cm³/mol. The molecule has 0 aliphatic heterocycles. The molecule has 0 bridgehead atoms. The van der Waals surface area contributed by atoms with Crippen LogP contribution in [0.2, 0.25) is 0 Å². The van der Waals surface area contributed by atoms with Gasteiger partial charge in [0.15, 0.2) is 0 Å². The van der Waals surface area contributed by atoms with Crippen molar-refractivity contribution in [3.63, 3.8) is 0 Å².